The Bertz CT molecular complexity index is 786. The molecule has 0 saturated carbocycles. The summed E-state index contributed by atoms with van der Waals surface area (Å²) in [5, 5.41) is 10.5. The summed E-state index contributed by atoms with van der Waals surface area (Å²) < 4.78 is 11.7. The molecule has 3 heterocycles. The third kappa shape index (κ3) is 4.52. The molecule has 1 aromatic heterocycles. The van der Waals surface area contributed by atoms with E-state index in [1.165, 1.54) is 5.00 Å². The van der Waals surface area contributed by atoms with E-state index in [2.05, 4.69) is 44.1 Å². The first-order chi connectivity index (χ1) is 13.8. The first-order valence-electron chi connectivity index (χ1n) is 9.96. The normalized spacial score (nSPS) is 17.9. The van der Waals surface area contributed by atoms with Crippen LogP contribution in [0.25, 0.3) is 0 Å². The molecule has 2 aromatic rings. The zero-order valence-corrected chi connectivity index (χ0v) is 17.1. The molecule has 1 fully saturated rings. The molecular formula is C21H28N4O2S. The number of aliphatic imine (C=N–C) groups is 1. The third-order valence-corrected chi connectivity index (χ3v) is 6.11. The molecule has 0 bridgehead atoms. The highest BCUT2D eigenvalue weighted by Crippen LogP contribution is 2.33. The number of nitrogens with one attached hydrogen (secondary N) is 2. The second kappa shape index (κ2) is 9.19. The van der Waals surface area contributed by atoms with Gasteiger partial charge in [0.05, 0.1) is 18.2 Å². The van der Waals surface area contributed by atoms with E-state index in [-0.39, 0.29) is 0 Å². The molecule has 0 spiro atoms. The summed E-state index contributed by atoms with van der Waals surface area (Å²) in [6, 6.07) is 10.8. The van der Waals surface area contributed by atoms with Crippen molar-refractivity contribution in [1.82, 2.24) is 10.6 Å². The van der Waals surface area contributed by atoms with Crippen LogP contribution in [0.5, 0.6) is 11.5 Å². The standard InChI is InChI=1S/C21H28N4O2S/c1-22-21(24-17-8-10-25(11-9-17)19-7-3-14-28-19)23-15-16-5-2-6-18-20(16)27-13-4-12-26-18/h2-3,5-7,14,17H,4,8-13,15H2,1H3,(H2,22,23,24). The molecule has 150 valence electrons. The first kappa shape index (κ1) is 18.9. The number of piperidine rings is 1. The van der Waals surface area contributed by atoms with Crippen LogP contribution in [0.3, 0.4) is 0 Å². The molecule has 1 saturated heterocycles. The van der Waals surface area contributed by atoms with Crippen LogP contribution in [0.1, 0.15) is 24.8 Å². The molecule has 6 nitrogen and oxygen atoms in total. The third-order valence-electron chi connectivity index (χ3n) is 5.18. The fourth-order valence-corrected chi connectivity index (χ4v) is 4.44. The van der Waals surface area contributed by atoms with Crippen LogP contribution in [0.2, 0.25) is 0 Å². The number of fused-ring (bicyclic) bond motifs is 1. The van der Waals surface area contributed by atoms with Gasteiger partial charge in [0.1, 0.15) is 0 Å². The van der Waals surface area contributed by atoms with Crippen molar-refractivity contribution < 1.29 is 9.47 Å². The lowest BCUT2D eigenvalue weighted by Crippen LogP contribution is -2.48. The Labute approximate surface area is 170 Å². The minimum absolute atomic E-state index is 0.440. The van der Waals surface area contributed by atoms with Gasteiger partial charge in [-0.1, -0.05) is 12.1 Å². The molecule has 2 aliphatic rings. The van der Waals surface area contributed by atoms with Crippen molar-refractivity contribution in [1.29, 1.82) is 0 Å². The van der Waals surface area contributed by atoms with Crippen molar-refractivity contribution in [2.45, 2.75) is 31.8 Å². The first-order valence-corrected chi connectivity index (χ1v) is 10.8. The molecule has 2 aliphatic heterocycles. The summed E-state index contributed by atoms with van der Waals surface area (Å²) in [7, 11) is 1.82. The Hall–Kier alpha value is -2.41. The zero-order chi connectivity index (χ0) is 19.2. The summed E-state index contributed by atoms with van der Waals surface area (Å²) >= 11 is 1.81. The van der Waals surface area contributed by atoms with Gasteiger partial charge in [-0.05, 0) is 36.4 Å². The van der Waals surface area contributed by atoms with Crippen LogP contribution in [0, 0.1) is 0 Å². The van der Waals surface area contributed by atoms with E-state index >= 15 is 0 Å². The lowest BCUT2D eigenvalue weighted by Gasteiger charge is -2.33. The predicted molar refractivity (Wildman–Crippen MR) is 115 cm³/mol. The topological polar surface area (TPSA) is 58.1 Å². The maximum atomic E-state index is 5.91. The van der Waals surface area contributed by atoms with Gasteiger partial charge in [0.25, 0.3) is 0 Å². The Morgan fingerprint density at radius 3 is 2.82 bits per heavy atom. The minimum Gasteiger partial charge on any atom is -0.490 e. The molecule has 0 unspecified atom stereocenters. The fourth-order valence-electron chi connectivity index (χ4n) is 3.65. The van der Waals surface area contributed by atoms with Gasteiger partial charge in [0, 0.05) is 44.7 Å². The van der Waals surface area contributed by atoms with Crippen LogP contribution < -0.4 is 25.0 Å². The van der Waals surface area contributed by atoms with Gasteiger partial charge in [-0.15, -0.1) is 11.3 Å². The van der Waals surface area contributed by atoms with E-state index < -0.39 is 0 Å². The van der Waals surface area contributed by atoms with Crippen molar-refractivity contribution in [3.05, 3.63) is 41.3 Å². The molecule has 0 atom stereocenters. The van der Waals surface area contributed by atoms with Gasteiger partial charge in [-0.2, -0.15) is 0 Å². The number of thiophene rings is 1. The van der Waals surface area contributed by atoms with E-state index in [1.54, 1.807) is 0 Å². The number of para-hydroxylation sites is 1. The fraction of sp³-hybridized carbons (Fsp3) is 0.476. The monoisotopic (exact) mass is 400 g/mol. The highest BCUT2D eigenvalue weighted by atomic mass is 32.1. The summed E-state index contributed by atoms with van der Waals surface area (Å²) in [6.07, 6.45) is 3.13. The number of hydrogen-bond donors (Lipinski definition) is 2. The lowest BCUT2D eigenvalue weighted by molar-refractivity contribution is 0.296. The van der Waals surface area contributed by atoms with Crippen molar-refractivity contribution in [3.8, 4) is 11.5 Å². The van der Waals surface area contributed by atoms with Gasteiger partial charge in [-0.25, -0.2) is 0 Å². The summed E-state index contributed by atoms with van der Waals surface area (Å²) in [5.41, 5.74) is 1.09. The second-order valence-electron chi connectivity index (χ2n) is 7.08. The molecule has 1 aromatic carbocycles. The lowest BCUT2D eigenvalue weighted by atomic mass is 10.1. The van der Waals surface area contributed by atoms with E-state index in [1.807, 2.05) is 30.5 Å². The average Bonchev–Trinajstić information content (AvgIpc) is 3.16. The number of hydrogen-bond acceptors (Lipinski definition) is 5. The SMILES string of the molecule is CN=C(NCc1cccc2c1OCCCO2)NC1CCN(c2cccs2)CC1. The summed E-state index contributed by atoms with van der Waals surface area (Å²) in [4.78, 5) is 6.88. The quantitative estimate of drug-likeness (QED) is 0.610. The molecule has 4 rings (SSSR count). The van der Waals surface area contributed by atoms with Crippen LogP contribution in [-0.4, -0.2) is 45.4 Å². The van der Waals surface area contributed by atoms with E-state index in [0.717, 1.165) is 55.4 Å². The van der Waals surface area contributed by atoms with Crippen molar-refractivity contribution in [2.24, 2.45) is 4.99 Å². The van der Waals surface area contributed by atoms with Crippen LogP contribution in [0.4, 0.5) is 5.00 Å². The van der Waals surface area contributed by atoms with Gasteiger partial charge in [0.2, 0.25) is 0 Å². The number of benzene rings is 1. The van der Waals surface area contributed by atoms with Gasteiger partial charge in [0.15, 0.2) is 17.5 Å². The molecule has 0 radical (unpaired) electrons. The number of anilines is 1. The molecule has 28 heavy (non-hydrogen) atoms. The number of nitrogens with zero attached hydrogens (tertiary/aromatic N) is 2. The van der Waals surface area contributed by atoms with Gasteiger partial charge in [-0.3, -0.25) is 4.99 Å². The molecule has 2 N–H and O–H groups in total. The average molecular weight is 401 g/mol. The highest BCUT2D eigenvalue weighted by Gasteiger charge is 2.21. The van der Waals surface area contributed by atoms with E-state index in [4.69, 9.17) is 9.47 Å². The Morgan fingerprint density at radius 1 is 1.18 bits per heavy atom. The maximum Gasteiger partial charge on any atom is 0.191 e. The second-order valence-corrected chi connectivity index (χ2v) is 8.00. The Morgan fingerprint density at radius 2 is 2.04 bits per heavy atom. The van der Waals surface area contributed by atoms with Crippen LogP contribution in [-0.2, 0) is 6.54 Å². The van der Waals surface area contributed by atoms with Crippen LogP contribution in [0.15, 0.2) is 40.7 Å². The van der Waals surface area contributed by atoms with Gasteiger partial charge < -0.3 is 25.0 Å². The molecule has 0 aliphatic carbocycles. The Balaban J connectivity index is 1.30. The number of ether oxygens (including phenoxy) is 2. The van der Waals surface area contributed by atoms with Crippen molar-refractivity contribution in [2.75, 3.05) is 38.3 Å². The highest BCUT2D eigenvalue weighted by molar-refractivity contribution is 7.14. The number of guanidine groups is 1. The van der Waals surface area contributed by atoms with E-state index in [0.29, 0.717) is 25.8 Å². The smallest absolute Gasteiger partial charge is 0.191 e. The largest absolute Gasteiger partial charge is 0.490 e. The predicted octanol–water partition coefficient (Wildman–Crippen LogP) is 3.24. The summed E-state index contributed by atoms with van der Waals surface area (Å²) in [6.45, 7) is 4.20. The minimum atomic E-state index is 0.440. The number of rotatable bonds is 4. The summed E-state index contributed by atoms with van der Waals surface area (Å²) in [5.74, 6) is 2.52. The van der Waals surface area contributed by atoms with Crippen molar-refractivity contribution >= 4 is 22.3 Å². The molecule has 7 heteroatoms. The van der Waals surface area contributed by atoms with Crippen LogP contribution >= 0.6 is 11.3 Å². The molecule has 0 amide bonds. The Kier molecular flexibility index (Phi) is 6.21. The van der Waals surface area contributed by atoms with Gasteiger partial charge >= 0.3 is 0 Å². The maximum absolute atomic E-state index is 5.91. The molecular weight excluding hydrogens is 372 g/mol. The zero-order valence-electron chi connectivity index (χ0n) is 16.3. The van der Waals surface area contributed by atoms with Crippen molar-refractivity contribution in [3.63, 3.8) is 0 Å². The van der Waals surface area contributed by atoms with E-state index in [9.17, 15) is 0 Å².